The molecule has 3 aromatic carbocycles. The fourth-order valence-electron chi connectivity index (χ4n) is 3.41. The van der Waals surface area contributed by atoms with Crippen LogP contribution in [0.25, 0.3) is 11.0 Å². The molecule has 4 nitrogen and oxygen atoms in total. The maximum Gasteiger partial charge on any atom is 0.251 e. The third-order valence-corrected chi connectivity index (χ3v) is 5.52. The van der Waals surface area contributed by atoms with Gasteiger partial charge in [0.1, 0.15) is 5.82 Å². The van der Waals surface area contributed by atoms with Crippen LogP contribution in [-0.4, -0.2) is 15.5 Å². The summed E-state index contributed by atoms with van der Waals surface area (Å²) in [5.74, 6) is 0.733. The molecule has 1 heterocycles. The van der Waals surface area contributed by atoms with Crippen LogP contribution in [0.2, 0.25) is 0 Å². The van der Waals surface area contributed by atoms with Crippen molar-refractivity contribution in [2.24, 2.45) is 0 Å². The number of halogens is 1. The van der Waals surface area contributed by atoms with E-state index >= 15 is 0 Å². The summed E-state index contributed by atoms with van der Waals surface area (Å²) in [6, 6.07) is 23.7. The predicted octanol–water partition coefficient (Wildman–Crippen LogP) is 5.65. The highest BCUT2D eigenvalue weighted by molar-refractivity contribution is 9.10. The van der Waals surface area contributed by atoms with E-state index in [1.165, 1.54) is 11.1 Å². The van der Waals surface area contributed by atoms with Crippen molar-refractivity contribution in [1.29, 1.82) is 0 Å². The summed E-state index contributed by atoms with van der Waals surface area (Å²) in [5.41, 5.74) is 5.06. The number of carbonyl (C=O) groups excluding carboxylic acids is 1. The molecule has 1 amide bonds. The van der Waals surface area contributed by atoms with E-state index in [-0.39, 0.29) is 11.9 Å². The van der Waals surface area contributed by atoms with E-state index in [0.717, 1.165) is 21.3 Å². The second kappa shape index (κ2) is 8.21. The van der Waals surface area contributed by atoms with Gasteiger partial charge in [0.15, 0.2) is 0 Å². The van der Waals surface area contributed by atoms with Crippen molar-refractivity contribution in [3.63, 3.8) is 0 Å². The molecule has 0 radical (unpaired) electrons. The molecule has 0 aliphatic heterocycles. The second-order valence-corrected chi connectivity index (χ2v) is 8.15. The summed E-state index contributed by atoms with van der Waals surface area (Å²) in [6.45, 7) is 4.76. The van der Waals surface area contributed by atoms with Gasteiger partial charge >= 0.3 is 0 Å². The van der Waals surface area contributed by atoms with Crippen LogP contribution in [0.15, 0.2) is 77.3 Å². The largest absolute Gasteiger partial charge is 0.342 e. The first-order valence-corrected chi connectivity index (χ1v) is 10.4. The lowest BCUT2D eigenvalue weighted by molar-refractivity contribution is 0.0937. The number of nitrogens with one attached hydrogen (secondary N) is 1. The number of hydrogen-bond acceptors (Lipinski definition) is 2. The number of nitrogens with zero attached hydrogens (tertiary/aromatic N) is 2. The van der Waals surface area contributed by atoms with Crippen LogP contribution in [0.5, 0.6) is 0 Å². The zero-order chi connectivity index (χ0) is 20.4. The summed E-state index contributed by atoms with van der Waals surface area (Å²) in [5, 5.41) is 3.09. The number of rotatable bonds is 5. The average molecular weight is 448 g/mol. The minimum Gasteiger partial charge on any atom is -0.342 e. The standard InChI is InChI=1S/C24H22BrN3O/c1-16-7-9-18(10-8-16)15-28-22-6-4-3-5-21(22)27-23(28)17(2)26-24(29)19-11-13-20(25)14-12-19/h3-14,17H,15H2,1-2H3,(H,26,29). The van der Waals surface area contributed by atoms with Gasteiger partial charge in [-0.2, -0.15) is 0 Å². The van der Waals surface area contributed by atoms with Gasteiger partial charge in [-0.05, 0) is 55.8 Å². The van der Waals surface area contributed by atoms with Crippen LogP contribution in [0.1, 0.15) is 40.3 Å². The van der Waals surface area contributed by atoms with Gasteiger partial charge in [0.25, 0.3) is 5.91 Å². The summed E-state index contributed by atoms with van der Waals surface area (Å²) >= 11 is 3.40. The first kappa shape index (κ1) is 19.4. The maximum absolute atomic E-state index is 12.7. The summed E-state index contributed by atoms with van der Waals surface area (Å²) < 4.78 is 3.13. The van der Waals surface area contributed by atoms with E-state index in [4.69, 9.17) is 4.98 Å². The first-order chi connectivity index (χ1) is 14.0. The third kappa shape index (κ3) is 4.25. The lowest BCUT2D eigenvalue weighted by Gasteiger charge is -2.17. The Balaban J connectivity index is 1.65. The van der Waals surface area contributed by atoms with E-state index < -0.39 is 0 Å². The Morgan fingerprint density at radius 3 is 2.45 bits per heavy atom. The van der Waals surface area contributed by atoms with E-state index in [2.05, 4.69) is 63.1 Å². The Bertz CT molecular complexity index is 1150. The average Bonchev–Trinajstić information content (AvgIpc) is 3.09. The van der Waals surface area contributed by atoms with Crippen molar-refractivity contribution in [2.45, 2.75) is 26.4 Å². The highest BCUT2D eigenvalue weighted by Gasteiger charge is 2.19. The minimum absolute atomic E-state index is 0.112. The molecule has 0 spiro atoms. The van der Waals surface area contributed by atoms with E-state index in [0.29, 0.717) is 12.1 Å². The zero-order valence-corrected chi connectivity index (χ0v) is 18.0. The van der Waals surface area contributed by atoms with Crippen molar-refractivity contribution >= 4 is 32.9 Å². The molecule has 4 rings (SSSR count). The molecule has 0 bridgehead atoms. The smallest absolute Gasteiger partial charge is 0.251 e. The topological polar surface area (TPSA) is 46.9 Å². The highest BCUT2D eigenvalue weighted by atomic mass is 79.9. The molecule has 1 atom stereocenters. The number of benzene rings is 3. The lowest BCUT2D eigenvalue weighted by atomic mass is 10.1. The van der Waals surface area contributed by atoms with Gasteiger partial charge in [0.05, 0.1) is 17.1 Å². The molecular weight excluding hydrogens is 426 g/mol. The van der Waals surface area contributed by atoms with Crippen molar-refractivity contribution in [2.75, 3.05) is 0 Å². The van der Waals surface area contributed by atoms with E-state index in [9.17, 15) is 4.79 Å². The molecule has 146 valence electrons. The highest BCUT2D eigenvalue weighted by Crippen LogP contribution is 2.23. The number of fused-ring (bicyclic) bond motifs is 1. The Labute approximate surface area is 178 Å². The Hall–Kier alpha value is -2.92. The van der Waals surface area contributed by atoms with Crippen LogP contribution >= 0.6 is 15.9 Å². The van der Waals surface area contributed by atoms with Crippen LogP contribution < -0.4 is 5.32 Å². The van der Waals surface area contributed by atoms with E-state index in [1.54, 1.807) is 12.1 Å². The normalized spacial score (nSPS) is 12.1. The summed E-state index contributed by atoms with van der Waals surface area (Å²) in [7, 11) is 0. The van der Waals surface area contributed by atoms with Gasteiger partial charge in [-0.15, -0.1) is 0 Å². The van der Waals surface area contributed by atoms with Crippen LogP contribution in [-0.2, 0) is 6.54 Å². The Morgan fingerprint density at radius 2 is 1.72 bits per heavy atom. The van der Waals surface area contributed by atoms with Crippen molar-refractivity contribution < 1.29 is 4.79 Å². The SMILES string of the molecule is Cc1ccc(Cn2c(C(C)NC(=O)c3ccc(Br)cc3)nc3ccccc32)cc1. The number of aromatic nitrogens is 2. The van der Waals surface area contributed by atoms with Gasteiger partial charge in [0.2, 0.25) is 0 Å². The van der Waals surface area contributed by atoms with Crippen molar-refractivity contribution in [3.8, 4) is 0 Å². The number of carbonyl (C=O) groups is 1. The monoisotopic (exact) mass is 447 g/mol. The van der Waals surface area contributed by atoms with Crippen molar-refractivity contribution in [3.05, 3.63) is 99.8 Å². The van der Waals surface area contributed by atoms with Gasteiger partial charge in [0, 0.05) is 16.6 Å². The van der Waals surface area contributed by atoms with Gasteiger partial charge in [-0.1, -0.05) is 57.9 Å². The fourth-order valence-corrected chi connectivity index (χ4v) is 3.68. The van der Waals surface area contributed by atoms with Crippen LogP contribution in [0, 0.1) is 6.92 Å². The molecule has 1 aromatic heterocycles. The van der Waals surface area contributed by atoms with Gasteiger partial charge in [-0.25, -0.2) is 4.98 Å². The summed E-state index contributed by atoms with van der Waals surface area (Å²) in [6.07, 6.45) is 0. The fraction of sp³-hybridized carbons (Fsp3) is 0.167. The number of amides is 1. The quantitative estimate of drug-likeness (QED) is 0.429. The molecule has 0 fully saturated rings. The molecule has 0 saturated carbocycles. The summed E-state index contributed by atoms with van der Waals surface area (Å²) in [4.78, 5) is 17.5. The molecule has 5 heteroatoms. The van der Waals surface area contributed by atoms with E-state index in [1.807, 2.05) is 37.3 Å². The number of aryl methyl sites for hydroxylation is 1. The van der Waals surface area contributed by atoms with Crippen LogP contribution in [0.3, 0.4) is 0 Å². The molecule has 1 N–H and O–H groups in total. The second-order valence-electron chi connectivity index (χ2n) is 7.23. The predicted molar refractivity (Wildman–Crippen MR) is 120 cm³/mol. The molecule has 0 aliphatic carbocycles. The van der Waals surface area contributed by atoms with Crippen LogP contribution in [0.4, 0.5) is 0 Å². The third-order valence-electron chi connectivity index (χ3n) is 4.99. The Morgan fingerprint density at radius 1 is 1.03 bits per heavy atom. The minimum atomic E-state index is -0.232. The number of hydrogen-bond donors (Lipinski definition) is 1. The lowest BCUT2D eigenvalue weighted by Crippen LogP contribution is -2.28. The molecule has 0 saturated heterocycles. The molecule has 0 aliphatic rings. The zero-order valence-electron chi connectivity index (χ0n) is 16.4. The van der Waals surface area contributed by atoms with Gasteiger partial charge in [-0.3, -0.25) is 4.79 Å². The number of para-hydroxylation sites is 2. The molecular formula is C24H22BrN3O. The van der Waals surface area contributed by atoms with Gasteiger partial charge < -0.3 is 9.88 Å². The maximum atomic E-state index is 12.7. The molecule has 4 aromatic rings. The molecule has 1 unspecified atom stereocenters. The van der Waals surface area contributed by atoms with Crippen molar-refractivity contribution in [1.82, 2.24) is 14.9 Å². The first-order valence-electron chi connectivity index (χ1n) is 9.58. The Kier molecular flexibility index (Phi) is 5.49. The number of imidazole rings is 1. The molecule has 29 heavy (non-hydrogen) atoms.